The Labute approximate surface area is 120 Å². The van der Waals surface area contributed by atoms with E-state index in [9.17, 15) is 14.7 Å². The minimum atomic E-state index is -0.784. The predicted molar refractivity (Wildman–Crippen MR) is 78.6 cm³/mol. The zero-order chi connectivity index (χ0) is 14.8. The number of rotatable bonds is 6. The van der Waals surface area contributed by atoms with E-state index in [-0.39, 0.29) is 12.6 Å². The zero-order valence-corrected chi connectivity index (χ0v) is 12.3. The molecule has 0 aromatic carbocycles. The van der Waals surface area contributed by atoms with Crippen molar-refractivity contribution in [1.82, 2.24) is 10.6 Å². The molecule has 1 aliphatic rings. The summed E-state index contributed by atoms with van der Waals surface area (Å²) in [6, 6.07) is -0.278. The van der Waals surface area contributed by atoms with E-state index in [0.29, 0.717) is 19.4 Å². The molecule has 2 amide bonds. The SMILES string of the molecule is C/C=C/CCNC(=O)NCC1(C(=O)O)CCCCCC1. The van der Waals surface area contributed by atoms with Crippen molar-refractivity contribution in [2.45, 2.75) is 51.9 Å². The number of carbonyl (C=O) groups excluding carboxylic acids is 1. The largest absolute Gasteiger partial charge is 0.481 e. The maximum Gasteiger partial charge on any atom is 0.314 e. The fraction of sp³-hybridized carbons (Fsp3) is 0.733. The van der Waals surface area contributed by atoms with Gasteiger partial charge in [0.15, 0.2) is 0 Å². The third kappa shape index (κ3) is 5.23. The number of carboxylic acid groups (broad SMARTS) is 1. The van der Waals surface area contributed by atoms with Gasteiger partial charge in [-0.3, -0.25) is 4.79 Å². The van der Waals surface area contributed by atoms with Gasteiger partial charge >= 0.3 is 12.0 Å². The summed E-state index contributed by atoms with van der Waals surface area (Å²) >= 11 is 0. The Balaban J connectivity index is 2.42. The molecule has 20 heavy (non-hydrogen) atoms. The smallest absolute Gasteiger partial charge is 0.314 e. The zero-order valence-electron chi connectivity index (χ0n) is 12.3. The number of hydrogen-bond acceptors (Lipinski definition) is 2. The lowest BCUT2D eigenvalue weighted by Gasteiger charge is -2.28. The molecule has 0 saturated heterocycles. The Bertz CT molecular complexity index is 345. The predicted octanol–water partition coefficient (Wildman–Crippen LogP) is 2.68. The molecule has 114 valence electrons. The summed E-state index contributed by atoms with van der Waals surface area (Å²) in [7, 11) is 0. The number of allylic oxidation sites excluding steroid dienone is 1. The molecule has 5 nitrogen and oxygen atoms in total. The second-order valence-electron chi connectivity index (χ2n) is 5.47. The molecule has 0 bridgehead atoms. The summed E-state index contributed by atoms with van der Waals surface area (Å²) in [5, 5.41) is 15.0. The molecule has 0 heterocycles. The molecule has 1 saturated carbocycles. The van der Waals surface area contributed by atoms with E-state index in [0.717, 1.165) is 32.1 Å². The van der Waals surface area contributed by atoms with Crippen LogP contribution < -0.4 is 10.6 Å². The molecule has 1 aliphatic carbocycles. The molecule has 0 aromatic heterocycles. The van der Waals surface area contributed by atoms with Crippen LogP contribution in [0.5, 0.6) is 0 Å². The number of nitrogens with one attached hydrogen (secondary N) is 2. The summed E-state index contributed by atoms with van der Waals surface area (Å²) in [6.07, 6.45) is 10.0. The monoisotopic (exact) mass is 282 g/mol. The van der Waals surface area contributed by atoms with Crippen LogP contribution in [0.25, 0.3) is 0 Å². The first-order valence-electron chi connectivity index (χ1n) is 7.47. The first-order valence-corrected chi connectivity index (χ1v) is 7.47. The number of carboxylic acids is 1. The fourth-order valence-electron chi connectivity index (χ4n) is 2.62. The summed E-state index contributed by atoms with van der Waals surface area (Å²) in [4.78, 5) is 23.2. The second-order valence-corrected chi connectivity index (χ2v) is 5.47. The lowest BCUT2D eigenvalue weighted by Crippen LogP contribution is -2.46. The molecule has 1 rings (SSSR count). The average Bonchev–Trinajstić information content (AvgIpc) is 2.68. The maximum atomic E-state index is 11.7. The van der Waals surface area contributed by atoms with E-state index in [1.807, 2.05) is 19.1 Å². The maximum absolute atomic E-state index is 11.7. The molecule has 1 fully saturated rings. The Kier molecular flexibility index (Phi) is 7.12. The summed E-state index contributed by atoms with van der Waals surface area (Å²) < 4.78 is 0. The minimum absolute atomic E-state index is 0.220. The van der Waals surface area contributed by atoms with Crippen LogP contribution >= 0.6 is 0 Å². The summed E-state index contributed by atoms with van der Waals surface area (Å²) in [6.45, 7) is 2.72. The Morgan fingerprint density at radius 1 is 1.15 bits per heavy atom. The molecular formula is C15H26N2O3. The lowest BCUT2D eigenvalue weighted by molar-refractivity contribution is -0.149. The third-order valence-electron chi connectivity index (χ3n) is 3.93. The molecule has 0 aromatic rings. The van der Waals surface area contributed by atoms with Gasteiger partial charge in [-0.2, -0.15) is 0 Å². The van der Waals surface area contributed by atoms with Crippen LogP contribution in [0.15, 0.2) is 12.2 Å². The summed E-state index contributed by atoms with van der Waals surface area (Å²) in [5.74, 6) is -0.784. The van der Waals surface area contributed by atoms with Crippen LogP contribution in [-0.4, -0.2) is 30.2 Å². The average molecular weight is 282 g/mol. The van der Waals surface area contributed by atoms with Crippen molar-refractivity contribution in [3.05, 3.63) is 12.2 Å². The van der Waals surface area contributed by atoms with Gasteiger partial charge in [0.05, 0.1) is 5.41 Å². The van der Waals surface area contributed by atoms with Gasteiger partial charge in [-0.25, -0.2) is 4.79 Å². The van der Waals surface area contributed by atoms with E-state index >= 15 is 0 Å². The van der Waals surface area contributed by atoms with Gasteiger partial charge in [-0.05, 0) is 26.2 Å². The number of urea groups is 1. The highest BCUT2D eigenvalue weighted by Crippen LogP contribution is 2.34. The fourth-order valence-corrected chi connectivity index (χ4v) is 2.62. The number of amides is 2. The molecule has 5 heteroatoms. The summed E-state index contributed by atoms with van der Waals surface area (Å²) in [5.41, 5.74) is -0.781. The van der Waals surface area contributed by atoms with Crippen molar-refractivity contribution in [1.29, 1.82) is 0 Å². The molecule has 0 atom stereocenters. The van der Waals surface area contributed by atoms with Gasteiger partial charge in [-0.1, -0.05) is 37.8 Å². The second kappa shape index (κ2) is 8.61. The van der Waals surface area contributed by atoms with Gasteiger partial charge < -0.3 is 15.7 Å². The quantitative estimate of drug-likeness (QED) is 0.398. The van der Waals surface area contributed by atoms with E-state index < -0.39 is 11.4 Å². The van der Waals surface area contributed by atoms with Gasteiger partial charge in [0.25, 0.3) is 0 Å². The van der Waals surface area contributed by atoms with Gasteiger partial charge in [0.2, 0.25) is 0 Å². The first-order chi connectivity index (χ1) is 9.60. The first kappa shape index (κ1) is 16.5. The Morgan fingerprint density at radius 2 is 1.80 bits per heavy atom. The highest BCUT2D eigenvalue weighted by Gasteiger charge is 2.38. The van der Waals surface area contributed by atoms with Crippen LogP contribution in [-0.2, 0) is 4.79 Å². The number of aliphatic carboxylic acids is 1. The Morgan fingerprint density at radius 3 is 2.35 bits per heavy atom. The molecule has 0 spiro atoms. The topological polar surface area (TPSA) is 78.4 Å². The highest BCUT2D eigenvalue weighted by atomic mass is 16.4. The number of hydrogen-bond donors (Lipinski definition) is 3. The van der Waals surface area contributed by atoms with E-state index in [1.54, 1.807) is 0 Å². The van der Waals surface area contributed by atoms with E-state index in [2.05, 4.69) is 10.6 Å². The van der Waals surface area contributed by atoms with Gasteiger partial charge in [-0.15, -0.1) is 0 Å². The van der Waals surface area contributed by atoms with Crippen LogP contribution in [0.2, 0.25) is 0 Å². The standard InChI is InChI=1S/C15H26N2O3/c1-2-3-8-11-16-14(20)17-12-15(13(18)19)9-6-4-5-7-10-15/h2-3H,4-12H2,1H3,(H,18,19)(H2,16,17,20)/b3-2+. The van der Waals surface area contributed by atoms with Crippen molar-refractivity contribution >= 4 is 12.0 Å². The Hall–Kier alpha value is -1.52. The normalized spacial score (nSPS) is 18.4. The lowest BCUT2D eigenvalue weighted by atomic mass is 9.80. The van der Waals surface area contributed by atoms with Crippen LogP contribution in [0.1, 0.15) is 51.9 Å². The van der Waals surface area contributed by atoms with E-state index in [4.69, 9.17) is 0 Å². The minimum Gasteiger partial charge on any atom is -0.481 e. The van der Waals surface area contributed by atoms with Gasteiger partial charge in [0, 0.05) is 13.1 Å². The van der Waals surface area contributed by atoms with Crippen LogP contribution in [0.4, 0.5) is 4.79 Å². The molecule has 3 N–H and O–H groups in total. The van der Waals surface area contributed by atoms with Crippen LogP contribution in [0, 0.1) is 5.41 Å². The van der Waals surface area contributed by atoms with Crippen molar-refractivity contribution in [3.8, 4) is 0 Å². The molecule has 0 aliphatic heterocycles. The van der Waals surface area contributed by atoms with Crippen molar-refractivity contribution < 1.29 is 14.7 Å². The van der Waals surface area contributed by atoms with Crippen molar-refractivity contribution in [2.75, 3.05) is 13.1 Å². The molecular weight excluding hydrogens is 256 g/mol. The van der Waals surface area contributed by atoms with Crippen molar-refractivity contribution in [2.24, 2.45) is 5.41 Å². The molecule has 0 radical (unpaired) electrons. The third-order valence-corrected chi connectivity index (χ3v) is 3.93. The number of carbonyl (C=O) groups is 2. The molecule has 0 unspecified atom stereocenters. The van der Waals surface area contributed by atoms with Crippen molar-refractivity contribution in [3.63, 3.8) is 0 Å². The highest BCUT2D eigenvalue weighted by molar-refractivity contribution is 5.78. The van der Waals surface area contributed by atoms with Gasteiger partial charge in [0.1, 0.15) is 0 Å². The van der Waals surface area contributed by atoms with E-state index in [1.165, 1.54) is 0 Å². The van der Waals surface area contributed by atoms with Crippen LogP contribution in [0.3, 0.4) is 0 Å².